The summed E-state index contributed by atoms with van der Waals surface area (Å²) in [5.74, 6) is 1.11. The summed E-state index contributed by atoms with van der Waals surface area (Å²) >= 11 is 0. The van der Waals surface area contributed by atoms with Gasteiger partial charge >= 0.3 is 6.09 Å². The highest BCUT2D eigenvalue weighted by Gasteiger charge is 2.14. The molecule has 1 atom stereocenters. The zero-order valence-electron chi connectivity index (χ0n) is 16.5. The number of nitro groups is 1. The van der Waals surface area contributed by atoms with Crippen LogP contribution < -0.4 is 14.8 Å². The zero-order chi connectivity index (χ0) is 20.7. The Morgan fingerprint density at radius 3 is 2.43 bits per heavy atom. The van der Waals surface area contributed by atoms with Crippen molar-refractivity contribution in [3.63, 3.8) is 0 Å². The molecule has 0 aliphatic carbocycles. The number of hydrogen-bond acceptors (Lipinski definition) is 6. The number of amides is 1. The number of aryl methyl sites for hydroxylation is 1. The second-order valence-electron chi connectivity index (χ2n) is 6.52. The molecule has 0 unspecified atom stereocenters. The SMILES string of the molecule is CN[C@H](CCOc1ccc([N+](=O)[O-])cc1)c1ccc(OC(=O)N(C)C)c(C)c1. The second-order valence-corrected chi connectivity index (χ2v) is 6.52. The van der Waals surface area contributed by atoms with Crippen molar-refractivity contribution in [2.75, 3.05) is 27.7 Å². The van der Waals surface area contributed by atoms with Crippen molar-refractivity contribution in [2.24, 2.45) is 0 Å². The maximum absolute atomic E-state index is 11.7. The molecule has 0 saturated heterocycles. The van der Waals surface area contributed by atoms with E-state index in [0.717, 1.165) is 11.1 Å². The molecule has 28 heavy (non-hydrogen) atoms. The summed E-state index contributed by atoms with van der Waals surface area (Å²) < 4.78 is 11.0. The van der Waals surface area contributed by atoms with Gasteiger partial charge in [0.15, 0.2) is 0 Å². The van der Waals surface area contributed by atoms with Crippen molar-refractivity contribution < 1.29 is 19.2 Å². The van der Waals surface area contributed by atoms with Crippen LogP contribution in [0.3, 0.4) is 0 Å². The molecule has 0 aliphatic rings. The molecular weight excluding hydrogens is 362 g/mol. The molecule has 2 aromatic carbocycles. The lowest BCUT2D eigenvalue weighted by molar-refractivity contribution is -0.384. The third-order valence-electron chi connectivity index (χ3n) is 4.24. The Hall–Kier alpha value is -3.13. The maximum Gasteiger partial charge on any atom is 0.414 e. The Morgan fingerprint density at radius 1 is 1.21 bits per heavy atom. The highest BCUT2D eigenvalue weighted by molar-refractivity contribution is 5.70. The van der Waals surface area contributed by atoms with Crippen LogP contribution in [0.2, 0.25) is 0 Å². The van der Waals surface area contributed by atoms with Crippen LogP contribution in [0.15, 0.2) is 42.5 Å². The van der Waals surface area contributed by atoms with Gasteiger partial charge in [0.05, 0.1) is 11.5 Å². The predicted octanol–water partition coefficient (Wildman–Crippen LogP) is 3.69. The number of nitrogens with one attached hydrogen (secondary N) is 1. The average molecular weight is 387 g/mol. The fourth-order valence-electron chi connectivity index (χ4n) is 2.63. The zero-order valence-corrected chi connectivity index (χ0v) is 16.5. The van der Waals surface area contributed by atoms with Crippen molar-refractivity contribution >= 4 is 11.8 Å². The molecule has 0 aromatic heterocycles. The minimum absolute atomic E-state index is 0.0333. The number of nitrogens with zero attached hydrogens (tertiary/aromatic N) is 2. The van der Waals surface area contributed by atoms with Gasteiger partial charge in [0, 0.05) is 38.7 Å². The first-order valence-electron chi connectivity index (χ1n) is 8.86. The summed E-state index contributed by atoms with van der Waals surface area (Å²) in [4.78, 5) is 23.3. The van der Waals surface area contributed by atoms with E-state index in [-0.39, 0.29) is 11.7 Å². The van der Waals surface area contributed by atoms with Crippen molar-refractivity contribution in [1.29, 1.82) is 0 Å². The van der Waals surface area contributed by atoms with E-state index >= 15 is 0 Å². The van der Waals surface area contributed by atoms with E-state index < -0.39 is 11.0 Å². The van der Waals surface area contributed by atoms with E-state index in [2.05, 4.69) is 5.32 Å². The van der Waals surface area contributed by atoms with E-state index in [0.29, 0.717) is 24.5 Å². The summed E-state index contributed by atoms with van der Waals surface area (Å²) in [7, 11) is 5.13. The van der Waals surface area contributed by atoms with Gasteiger partial charge in [-0.1, -0.05) is 12.1 Å². The van der Waals surface area contributed by atoms with Gasteiger partial charge in [-0.2, -0.15) is 0 Å². The summed E-state index contributed by atoms with van der Waals surface area (Å²) in [5.41, 5.74) is 1.95. The molecular formula is C20H25N3O5. The highest BCUT2D eigenvalue weighted by Crippen LogP contribution is 2.25. The van der Waals surface area contributed by atoms with Crippen LogP contribution in [0.25, 0.3) is 0 Å². The van der Waals surface area contributed by atoms with Crippen LogP contribution in [0.5, 0.6) is 11.5 Å². The van der Waals surface area contributed by atoms with Gasteiger partial charge in [-0.25, -0.2) is 4.79 Å². The van der Waals surface area contributed by atoms with Gasteiger partial charge in [0.1, 0.15) is 11.5 Å². The van der Waals surface area contributed by atoms with E-state index in [1.807, 2.05) is 26.1 Å². The second kappa shape index (κ2) is 9.70. The topological polar surface area (TPSA) is 93.9 Å². The van der Waals surface area contributed by atoms with Crippen LogP contribution in [-0.2, 0) is 0 Å². The van der Waals surface area contributed by atoms with Crippen molar-refractivity contribution in [3.8, 4) is 11.5 Å². The molecule has 0 fully saturated rings. The highest BCUT2D eigenvalue weighted by atomic mass is 16.6. The molecule has 0 heterocycles. The maximum atomic E-state index is 11.7. The van der Waals surface area contributed by atoms with Gasteiger partial charge in [-0.3, -0.25) is 10.1 Å². The monoisotopic (exact) mass is 387 g/mol. The van der Waals surface area contributed by atoms with E-state index in [9.17, 15) is 14.9 Å². The first-order chi connectivity index (χ1) is 13.3. The lowest BCUT2D eigenvalue weighted by Gasteiger charge is -2.19. The van der Waals surface area contributed by atoms with Gasteiger partial charge in [0.25, 0.3) is 5.69 Å². The third-order valence-corrected chi connectivity index (χ3v) is 4.24. The number of carbonyl (C=O) groups is 1. The van der Waals surface area contributed by atoms with Crippen LogP contribution in [0.1, 0.15) is 23.6 Å². The van der Waals surface area contributed by atoms with Crippen LogP contribution in [0, 0.1) is 17.0 Å². The lowest BCUT2D eigenvalue weighted by Crippen LogP contribution is -2.25. The molecule has 0 aliphatic heterocycles. The summed E-state index contributed by atoms with van der Waals surface area (Å²) in [5, 5.41) is 13.9. The number of ether oxygens (including phenoxy) is 2. The van der Waals surface area contributed by atoms with Gasteiger partial charge < -0.3 is 19.7 Å². The Morgan fingerprint density at radius 2 is 1.89 bits per heavy atom. The molecule has 8 heteroatoms. The Labute approximate surface area is 164 Å². The minimum Gasteiger partial charge on any atom is -0.494 e. The normalized spacial score (nSPS) is 11.6. The third kappa shape index (κ3) is 5.68. The van der Waals surface area contributed by atoms with Gasteiger partial charge in [-0.15, -0.1) is 0 Å². The largest absolute Gasteiger partial charge is 0.494 e. The van der Waals surface area contributed by atoms with Gasteiger partial charge in [-0.05, 0) is 43.3 Å². The fraction of sp³-hybridized carbons (Fsp3) is 0.350. The smallest absolute Gasteiger partial charge is 0.414 e. The Bertz CT molecular complexity index is 821. The molecule has 0 bridgehead atoms. The van der Waals surface area contributed by atoms with Crippen molar-refractivity contribution in [3.05, 3.63) is 63.7 Å². The van der Waals surface area contributed by atoms with E-state index in [1.54, 1.807) is 32.3 Å². The molecule has 2 aromatic rings. The average Bonchev–Trinajstić information content (AvgIpc) is 2.67. The summed E-state index contributed by atoms with van der Waals surface area (Å²) in [6.07, 6.45) is 0.279. The van der Waals surface area contributed by atoms with Crippen LogP contribution in [-0.4, -0.2) is 43.7 Å². The lowest BCUT2D eigenvalue weighted by atomic mass is 10.0. The molecule has 1 amide bonds. The molecule has 8 nitrogen and oxygen atoms in total. The molecule has 0 spiro atoms. The molecule has 1 N–H and O–H groups in total. The number of nitro benzene ring substituents is 1. The first-order valence-corrected chi connectivity index (χ1v) is 8.86. The van der Waals surface area contributed by atoms with Gasteiger partial charge in [0.2, 0.25) is 0 Å². The van der Waals surface area contributed by atoms with E-state index in [4.69, 9.17) is 9.47 Å². The number of non-ortho nitro benzene ring substituents is 1. The standard InChI is InChI=1S/C20H25N3O5/c1-14-13-15(5-10-19(14)28-20(24)22(3)4)18(21-2)11-12-27-17-8-6-16(7-9-17)23(25)26/h5-10,13,18,21H,11-12H2,1-4H3/t18-/m1/s1. The summed E-state index contributed by atoms with van der Waals surface area (Å²) in [6, 6.07) is 11.7. The first kappa shape index (κ1) is 21.2. The molecule has 2 rings (SSSR count). The summed E-state index contributed by atoms with van der Waals surface area (Å²) in [6.45, 7) is 2.33. The number of benzene rings is 2. The Kier molecular flexibility index (Phi) is 7.34. The van der Waals surface area contributed by atoms with Crippen molar-refractivity contribution in [1.82, 2.24) is 10.2 Å². The number of hydrogen-bond donors (Lipinski definition) is 1. The Balaban J connectivity index is 1.96. The quantitative estimate of drug-likeness (QED) is 0.548. The van der Waals surface area contributed by atoms with Crippen LogP contribution in [0.4, 0.5) is 10.5 Å². The van der Waals surface area contributed by atoms with Crippen molar-refractivity contribution in [2.45, 2.75) is 19.4 Å². The number of carbonyl (C=O) groups excluding carboxylic acids is 1. The predicted molar refractivity (Wildman–Crippen MR) is 106 cm³/mol. The van der Waals surface area contributed by atoms with E-state index in [1.165, 1.54) is 17.0 Å². The minimum atomic E-state index is -0.442. The number of rotatable bonds is 8. The fourth-order valence-corrected chi connectivity index (χ4v) is 2.63. The molecule has 150 valence electrons. The van der Waals surface area contributed by atoms with Crippen LogP contribution >= 0.6 is 0 Å². The molecule has 0 radical (unpaired) electrons. The molecule has 0 saturated carbocycles.